The zero-order valence-electron chi connectivity index (χ0n) is 9.76. The molecule has 0 heterocycles. The number of allylic oxidation sites excluding steroid dienone is 1. The standard InChI is InChI=1S/C12H18N2O3/c1-2-8-14(9-11(15)16)12(17)13-10-6-4-3-5-7-10/h2-4,10H,1,5-9H2,(H,13,17)(H,15,16). The molecule has 0 bridgehead atoms. The van der Waals surface area contributed by atoms with Crippen LogP contribution in [0, 0.1) is 0 Å². The summed E-state index contributed by atoms with van der Waals surface area (Å²) >= 11 is 0. The fourth-order valence-electron chi connectivity index (χ4n) is 1.73. The molecule has 5 nitrogen and oxygen atoms in total. The van der Waals surface area contributed by atoms with Crippen LogP contribution in [0.1, 0.15) is 19.3 Å². The number of hydrogen-bond acceptors (Lipinski definition) is 2. The molecule has 2 amide bonds. The number of carboxylic acid groups (broad SMARTS) is 1. The predicted octanol–water partition coefficient (Wildman–Crippen LogP) is 1.38. The number of hydrogen-bond donors (Lipinski definition) is 2. The Morgan fingerprint density at radius 2 is 2.29 bits per heavy atom. The van der Waals surface area contributed by atoms with Crippen LogP contribution in [0.15, 0.2) is 24.8 Å². The van der Waals surface area contributed by atoms with E-state index in [-0.39, 0.29) is 25.2 Å². The van der Waals surface area contributed by atoms with Crippen LogP contribution in [0.4, 0.5) is 4.79 Å². The molecule has 1 aliphatic carbocycles. The minimum absolute atomic E-state index is 0.105. The molecule has 1 unspecified atom stereocenters. The first-order valence-corrected chi connectivity index (χ1v) is 5.66. The molecule has 0 radical (unpaired) electrons. The van der Waals surface area contributed by atoms with Gasteiger partial charge in [0, 0.05) is 12.6 Å². The topological polar surface area (TPSA) is 69.6 Å². The first-order valence-electron chi connectivity index (χ1n) is 5.66. The monoisotopic (exact) mass is 238 g/mol. The second kappa shape index (κ2) is 6.73. The molecule has 0 aliphatic heterocycles. The maximum Gasteiger partial charge on any atom is 0.323 e. The molecule has 1 rings (SSSR count). The van der Waals surface area contributed by atoms with E-state index >= 15 is 0 Å². The fraction of sp³-hybridized carbons (Fsp3) is 0.500. The minimum atomic E-state index is -1.02. The van der Waals surface area contributed by atoms with E-state index in [0.29, 0.717) is 0 Å². The second-order valence-electron chi connectivity index (χ2n) is 3.99. The Morgan fingerprint density at radius 3 is 2.82 bits per heavy atom. The van der Waals surface area contributed by atoms with Gasteiger partial charge in [0.15, 0.2) is 0 Å². The molecular formula is C12H18N2O3. The molecule has 94 valence electrons. The van der Waals surface area contributed by atoms with Crippen LogP contribution in [0.3, 0.4) is 0 Å². The third-order valence-corrected chi connectivity index (χ3v) is 2.56. The molecule has 1 atom stereocenters. The van der Waals surface area contributed by atoms with Gasteiger partial charge in [0.1, 0.15) is 6.54 Å². The zero-order valence-corrected chi connectivity index (χ0v) is 9.76. The van der Waals surface area contributed by atoms with Crippen molar-refractivity contribution in [3.05, 3.63) is 24.8 Å². The van der Waals surface area contributed by atoms with Gasteiger partial charge in [-0.15, -0.1) is 6.58 Å². The van der Waals surface area contributed by atoms with Gasteiger partial charge < -0.3 is 15.3 Å². The summed E-state index contributed by atoms with van der Waals surface area (Å²) in [7, 11) is 0. The highest BCUT2D eigenvalue weighted by Gasteiger charge is 2.19. The van der Waals surface area contributed by atoms with Crippen molar-refractivity contribution in [3.8, 4) is 0 Å². The Kier molecular flexibility index (Phi) is 5.26. The Labute approximate surface area is 101 Å². The van der Waals surface area contributed by atoms with Crippen molar-refractivity contribution >= 4 is 12.0 Å². The lowest BCUT2D eigenvalue weighted by Gasteiger charge is -2.25. The summed E-state index contributed by atoms with van der Waals surface area (Å²) in [4.78, 5) is 23.7. The molecule has 17 heavy (non-hydrogen) atoms. The summed E-state index contributed by atoms with van der Waals surface area (Å²) in [5.74, 6) is -1.02. The molecule has 1 aliphatic rings. The van der Waals surface area contributed by atoms with E-state index < -0.39 is 5.97 Å². The summed E-state index contributed by atoms with van der Waals surface area (Å²) in [6, 6.07) is -0.235. The first kappa shape index (κ1) is 13.3. The van der Waals surface area contributed by atoms with Crippen LogP contribution in [-0.2, 0) is 4.79 Å². The third kappa shape index (κ3) is 4.72. The van der Waals surface area contributed by atoms with E-state index in [1.54, 1.807) is 0 Å². The van der Waals surface area contributed by atoms with E-state index in [1.165, 1.54) is 11.0 Å². The molecule has 0 aromatic carbocycles. The van der Waals surface area contributed by atoms with Crippen molar-refractivity contribution in [1.82, 2.24) is 10.2 Å². The maximum atomic E-state index is 11.8. The number of carboxylic acids is 1. The molecular weight excluding hydrogens is 220 g/mol. The highest BCUT2D eigenvalue weighted by Crippen LogP contribution is 2.10. The Balaban J connectivity index is 2.48. The molecule has 2 N–H and O–H groups in total. The molecule has 0 saturated carbocycles. The van der Waals surface area contributed by atoms with E-state index in [1.807, 2.05) is 6.08 Å². The van der Waals surface area contributed by atoms with Crippen LogP contribution in [0.2, 0.25) is 0 Å². The number of carbonyl (C=O) groups is 2. The van der Waals surface area contributed by atoms with E-state index in [4.69, 9.17) is 5.11 Å². The van der Waals surface area contributed by atoms with Gasteiger partial charge in [-0.3, -0.25) is 4.79 Å². The summed E-state index contributed by atoms with van der Waals surface area (Å²) in [6.07, 6.45) is 8.29. The van der Waals surface area contributed by atoms with Gasteiger partial charge in [-0.2, -0.15) is 0 Å². The van der Waals surface area contributed by atoms with E-state index in [2.05, 4.69) is 18.0 Å². The van der Waals surface area contributed by atoms with Gasteiger partial charge in [-0.25, -0.2) is 4.79 Å². The summed E-state index contributed by atoms with van der Waals surface area (Å²) in [5.41, 5.74) is 0. The van der Waals surface area contributed by atoms with Gasteiger partial charge in [0.25, 0.3) is 0 Å². The van der Waals surface area contributed by atoms with Crippen molar-refractivity contribution in [2.45, 2.75) is 25.3 Å². The van der Waals surface area contributed by atoms with E-state index in [0.717, 1.165) is 19.3 Å². The maximum absolute atomic E-state index is 11.8. The SMILES string of the molecule is C=CCN(CC(=O)O)C(=O)NC1CC=CCC1. The fourth-order valence-corrected chi connectivity index (χ4v) is 1.73. The molecule has 0 aromatic heterocycles. The number of urea groups is 1. The van der Waals surface area contributed by atoms with Crippen LogP contribution >= 0.6 is 0 Å². The van der Waals surface area contributed by atoms with Crippen LogP contribution in [-0.4, -0.2) is 41.1 Å². The average Bonchev–Trinajstić information content (AvgIpc) is 2.29. The van der Waals surface area contributed by atoms with Gasteiger partial charge in [0.05, 0.1) is 0 Å². The van der Waals surface area contributed by atoms with Crippen LogP contribution < -0.4 is 5.32 Å². The van der Waals surface area contributed by atoms with E-state index in [9.17, 15) is 9.59 Å². The molecule has 0 fully saturated rings. The lowest BCUT2D eigenvalue weighted by atomic mass is 10.0. The minimum Gasteiger partial charge on any atom is -0.480 e. The summed E-state index contributed by atoms with van der Waals surface area (Å²) in [5, 5.41) is 11.5. The number of aliphatic carboxylic acids is 1. The Morgan fingerprint density at radius 1 is 1.53 bits per heavy atom. The number of carbonyl (C=O) groups excluding carboxylic acids is 1. The molecule has 0 aromatic rings. The highest BCUT2D eigenvalue weighted by atomic mass is 16.4. The Bertz CT molecular complexity index is 326. The van der Waals surface area contributed by atoms with Crippen molar-refractivity contribution < 1.29 is 14.7 Å². The van der Waals surface area contributed by atoms with Gasteiger partial charge in [-0.1, -0.05) is 18.2 Å². The van der Waals surface area contributed by atoms with Gasteiger partial charge in [-0.05, 0) is 19.3 Å². The van der Waals surface area contributed by atoms with Crippen molar-refractivity contribution in [1.29, 1.82) is 0 Å². The normalized spacial score (nSPS) is 18.5. The number of nitrogens with zero attached hydrogens (tertiary/aromatic N) is 1. The lowest BCUT2D eigenvalue weighted by molar-refractivity contribution is -0.137. The number of nitrogens with one attached hydrogen (secondary N) is 1. The van der Waals surface area contributed by atoms with Crippen molar-refractivity contribution in [2.75, 3.05) is 13.1 Å². The smallest absolute Gasteiger partial charge is 0.323 e. The third-order valence-electron chi connectivity index (χ3n) is 2.56. The molecule has 0 saturated heterocycles. The zero-order chi connectivity index (χ0) is 12.7. The number of rotatable bonds is 5. The average molecular weight is 238 g/mol. The lowest BCUT2D eigenvalue weighted by Crippen LogP contribution is -2.47. The van der Waals surface area contributed by atoms with Crippen LogP contribution in [0.25, 0.3) is 0 Å². The summed E-state index contributed by atoms with van der Waals surface area (Å²) in [6.45, 7) is 3.44. The molecule has 0 spiro atoms. The van der Waals surface area contributed by atoms with Gasteiger partial charge >= 0.3 is 12.0 Å². The first-order chi connectivity index (χ1) is 8.13. The van der Waals surface area contributed by atoms with Crippen molar-refractivity contribution in [3.63, 3.8) is 0 Å². The summed E-state index contributed by atoms with van der Waals surface area (Å²) < 4.78 is 0. The van der Waals surface area contributed by atoms with Crippen LogP contribution in [0.5, 0.6) is 0 Å². The molecule has 5 heteroatoms. The number of amides is 2. The Hall–Kier alpha value is -1.78. The highest BCUT2D eigenvalue weighted by molar-refractivity contribution is 5.80. The quantitative estimate of drug-likeness (QED) is 0.711. The van der Waals surface area contributed by atoms with Crippen molar-refractivity contribution in [2.24, 2.45) is 0 Å². The van der Waals surface area contributed by atoms with Gasteiger partial charge in [0.2, 0.25) is 0 Å². The largest absolute Gasteiger partial charge is 0.480 e. The predicted molar refractivity (Wildman–Crippen MR) is 64.7 cm³/mol. The second-order valence-corrected chi connectivity index (χ2v) is 3.99.